The average molecular weight is 421 g/mol. The Labute approximate surface area is 147 Å². The van der Waals surface area contributed by atoms with E-state index < -0.39 is 0 Å². The van der Waals surface area contributed by atoms with Crippen LogP contribution in [0.5, 0.6) is 5.88 Å². The normalized spacial score (nSPS) is 10.8. The number of ether oxygens (including phenoxy) is 1. The molecule has 1 N–H and O–H groups in total. The predicted octanol–water partition coefficient (Wildman–Crippen LogP) is 3.83. The van der Waals surface area contributed by atoms with Crippen molar-refractivity contribution in [1.82, 2.24) is 9.97 Å². The molecule has 1 amide bonds. The van der Waals surface area contributed by atoms with Crippen LogP contribution in [0.2, 0.25) is 0 Å². The van der Waals surface area contributed by atoms with Gasteiger partial charge in [0, 0.05) is 40.3 Å². The van der Waals surface area contributed by atoms with E-state index in [1.807, 2.05) is 24.3 Å². The lowest BCUT2D eigenvalue weighted by molar-refractivity contribution is -0.116. The Bertz CT molecular complexity index is 889. The van der Waals surface area contributed by atoms with Crippen LogP contribution < -0.4 is 9.64 Å². The molecule has 0 fully saturated rings. The Morgan fingerprint density at radius 3 is 2.78 bits per heavy atom. The molecule has 3 rings (SSSR count). The van der Waals surface area contributed by atoms with E-state index in [-0.39, 0.29) is 5.91 Å². The molecule has 0 aliphatic heterocycles. The Morgan fingerprint density at radius 1 is 1.30 bits per heavy atom. The zero-order chi connectivity index (χ0) is 16.6. The number of anilines is 1. The molecule has 2 heterocycles. The van der Waals surface area contributed by atoms with Gasteiger partial charge < -0.3 is 14.6 Å². The van der Waals surface area contributed by atoms with Crippen molar-refractivity contribution in [2.45, 2.75) is 6.92 Å². The number of amides is 1. The lowest BCUT2D eigenvalue weighted by Crippen LogP contribution is -2.22. The first kappa shape index (κ1) is 15.8. The van der Waals surface area contributed by atoms with Crippen LogP contribution in [0.15, 0.2) is 36.5 Å². The molecule has 0 aliphatic rings. The number of hydrogen-bond donors (Lipinski definition) is 1. The first-order chi connectivity index (χ1) is 11.0. The van der Waals surface area contributed by atoms with Crippen molar-refractivity contribution in [3.8, 4) is 17.1 Å². The third-order valence-electron chi connectivity index (χ3n) is 3.79. The molecular weight excluding hydrogens is 405 g/mol. The van der Waals surface area contributed by atoms with Crippen LogP contribution in [0, 0.1) is 3.57 Å². The molecule has 1 aromatic carbocycles. The van der Waals surface area contributed by atoms with Gasteiger partial charge in [0.1, 0.15) is 0 Å². The summed E-state index contributed by atoms with van der Waals surface area (Å²) >= 11 is 2.27. The van der Waals surface area contributed by atoms with Crippen molar-refractivity contribution in [2.24, 2.45) is 0 Å². The number of fused-ring (bicyclic) bond motifs is 1. The first-order valence-electron chi connectivity index (χ1n) is 7.07. The summed E-state index contributed by atoms with van der Waals surface area (Å²) in [6.07, 6.45) is 1.73. The van der Waals surface area contributed by atoms with E-state index in [2.05, 4.69) is 38.6 Å². The van der Waals surface area contributed by atoms with Crippen LogP contribution >= 0.6 is 22.6 Å². The van der Waals surface area contributed by atoms with Gasteiger partial charge in [-0.1, -0.05) is 6.07 Å². The van der Waals surface area contributed by atoms with Crippen LogP contribution in [0.4, 0.5) is 5.69 Å². The summed E-state index contributed by atoms with van der Waals surface area (Å²) in [4.78, 5) is 20.8. The molecule has 0 saturated carbocycles. The summed E-state index contributed by atoms with van der Waals surface area (Å²) in [5.74, 6) is 0.587. The van der Waals surface area contributed by atoms with Gasteiger partial charge in [0.25, 0.3) is 0 Å². The number of nitrogens with zero attached hydrogens (tertiary/aromatic N) is 2. The van der Waals surface area contributed by atoms with Crippen LogP contribution in [0.1, 0.15) is 6.92 Å². The van der Waals surface area contributed by atoms with Crippen LogP contribution in [-0.4, -0.2) is 30.0 Å². The maximum atomic E-state index is 11.5. The molecule has 0 bridgehead atoms. The van der Waals surface area contributed by atoms with Gasteiger partial charge >= 0.3 is 0 Å². The number of carbonyl (C=O) groups excluding carboxylic acids is 1. The van der Waals surface area contributed by atoms with Gasteiger partial charge in [-0.05, 0) is 46.9 Å². The largest absolute Gasteiger partial charge is 0.480 e. The number of hydrogen-bond acceptors (Lipinski definition) is 3. The molecule has 0 aliphatic carbocycles. The molecule has 0 spiro atoms. The Morgan fingerprint density at radius 2 is 2.09 bits per heavy atom. The highest BCUT2D eigenvalue weighted by Gasteiger charge is 2.14. The fourth-order valence-electron chi connectivity index (χ4n) is 2.46. The van der Waals surface area contributed by atoms with E-state index in [9.17, 15) is 4.79 Å². The molecule has 5 nitrogen and oxygen atoms in total. The maximum absolute atomic E-state index is 11.5. The minimum atomic E-state index is -0.000364. The van der Waals surface area contributed by atoms with Crippen molar-refractivity contribution >= 4 is 45.1 Å². The maximum Gasteiger partial charge on any atom is 0.223 e. The molecule has 0 saturated heterocycles. The third-order valence-corrected chi connectivity index (χ3v) is 4.69. The number of rotatable bonds is 3. The average Bonchev–Trinajstić information content (AvgIpc) is 2.95. The molecular formula is C17H16IN3O2. The van der Waals surface area contributed by atoms with E-state index in [1.165, 1.54) is 0 Å². The van der Waals surface area contributed by atoms with E-state index >= 15 is 0 Å². The van der Waals surface area contributed by atoms with Gasteiger partial charge in [-0.3, -0.25) is 4.79 Å². The van der Waals surface area contributed by atoms with Crippen LogP contribution in [0.25, 0.3) is 22.2 Å². The van der Waals surface area contributed by atoms with Gasteiger partial charge in [-0.25, -0.2) is 4.98 Å². The second kappa shape index (κ2) is 6.19. The monoisotopic (exact) mass is 421 g/mol. The van der Waals surface area contributed by atoms with Gasteiger partial charge in [-0.2, -0.15) is 0 Å². The Kier molecular flexibility index (Phi) is 4.25. The highest BCUT2D eigenvalue weighted by Crippen LogP contribution is 2.34. The Hall–Kier alpha value is -2.09. The summed E-state index contributed by atoms with van der Waals surface area (Å²) < 4.78 is 6.44. The SMILES string of the molecule is COc1nccc(I)c1-c1cc2ccc(N(C)C(C)=O)cc2[nH]1. The summed E-state index contributed by atoms with van der Waals surface area (Å²) in [6.45, 7) is 1.55. The summed E-state index contributed by atoms with van der Waals surface area (Å²) in [5.41, 5.74) is 3.70. The third kappa shape index (κ3) is 2.90. The predicted molar refractivity (Wildman–Crippen MR) is 99.9 cm³/mol. The van der Waals surface area contributed by atoms with E-state index in [1.54, 1.807) is 32.2 Å². The number of benzene rings is 1. The van der Waals surface area contributed by atoms with E-state index in [0.29, 0.717) is 5.88 Å². The summed E-state index contributed by atoms with van der Waals surface area (Å²) in [7, 11) is 3.38. The van der Waals surface area contributed by atoms with Crippen LogP contribution in [0.3, 0.4) is 0 Å². The number of halogens is 1. The van der Waals surface area contributed by atoms with Crippen molar-refractivity contribution in [1.29, 1.82) is 0 Å². The quantitative estimate of drug-likeness (QED) is 0.655. The zero-order valence-corrected chi connectivity index (χ0v) is 15.2. The number of methoxy groups -OCH3 is 1. The highest BCUT2D eigenvalue weighted by molar-refractivity contribution is 14.1. The molecule has 0 atom stereocenters. The smallest absolute Gasteiger partial charge is 0.223 e. The first-order valence-corrected chi connectivity index (χ1v) is 8.15. The number of aromatic amines is 1. The number of H-pyrrole nitrogens is 1. The summed E-state index contributed by atoms with van der Waals surface area (Å²) in [6, 6.07) is 9.91. The van der Waals surface area contributed by atoms with Gasteiger partial charge in [0.15, 0.2) is 0 Å². The molecule has 6 heteroatoms. The number of carbonyl (C=O) groups is 1. The topological polar surface area (TPSA) is 58.2 Å². The number of aromatic nitrogens is 2. The van der Waals surface area contributed by atoms with E-state index in [0.717, 1.165) is 31.4 Å². The molecule has 0 unspecified atom stereocenters. The molecule has 118 valence electrons. The minimum absolute atomic E-state index is 0.000364. The molecule has 2 aromatic heterocycles. The molecule has 3 aromatic rings. The lowest BCUT2D eigenvalue weighted by Gasteiger charge is -2.14. The van der Waals surface area contributed by atoms with Gasteiger partial charge in [-0.15, -0.1) is 0 Å². The van der Waals surface area contributed by atoms with E-state index in [4.69, 9.17) is 4.74 Å². The van der Waals surface area contributed by atoms with Gasteiger partial charge in [0.2, 0.25) is 11.8 Å². The fraction of sp³-hybridized carbons (Fsp3) is 0.176. The second-order valence-corrected chi connectivity index (χ2v) is 6.37. The fourth-order valence-corrected chi connectivity index (χ4v) is 3.14. The minimum Gasteiger partial charge on any atom is -0.480 e. The van der Waals surface area contributed by atoms with Crippen molar-refractivity contribution in [2.75, 3.05) is 19.1 Å². The standard InChI is InChI=1S/C17H16IN3O2/c1-10(22)21(2)12-5-4-11-8-15(20-14(11)9-12)16-13(18)6-7-19-17(16)23-3/h4-9,20H,1-3H3. The second-order valence-electron chi connectivity index (χ2n) is 5.21. The van der Waals surface area contributed by atoms with Crippen LogP contribution in [-0.2, 0) is 4.79 Å². The molecule has 23 heavy (non-hydrogen) atoms. The zero-order valence-electron chi connectivity index (χ0n) is 13.1. The van der Waals surface area contributed by atoms with Crippen molar-refractivity contribution < 1.29 is 9.53 Å². The summed E-state index contributed by atoms with van der Waals surface area (Å²) in [5, 5.41) is 1.07. The number of nitrogens with one attached hydrogen (secondary N) is 1. The highest BCUT2D eigenvalue weighted by atomic mass is 127. The Balaban J connectivity index is 2.13. The van der Waals surface area contributed by atoms with Crippen molar-refractivity contribution in [3.05, 3.63) is 40.1 Å². The van der Waals surface area contributed by atoms with Crippen molar-refractivity contribution in [3.63, 3.8) is 0 Å². The lowest BCUT2D eigenvalue weighted by atomic mass is 10.2. The molecule has 0 radical (unpaired) electrons. The van der Waals surface area contributed by atoms with Gasteiger partial charge in [0.05, 0.1) is 18.4 Å². The number of pyridine rings is 1.